The number of nitrogens with zero attached hydrogens (tertiary/aromatic N) is 2. The van der Waals surface area contributed by atoms with Gasteiger partial charge in [0, 0.05) is 4.48 Å². The molecule has 1 heterocycles. The summed E-state index contributed by atoms with van der Waals surface area (Å²) in [6.07, 6.45) is 3.44. The fourth-order valence-electron chi connectivity index (χ4n) is 1.98. The van der Waals surface area contributed by atoms with Crippen molar-refractivity contribution in [2.24, 2.45) is 5.10 Å². The van der Waals surface area contributed by atoms with Crippen LogP contribution in [0.2, 0.25) is 0 Å². The Balaban J connectivity index is 1.48. The number of hydrogen-bond acceptors (Lipinski definition) is 5. The first-order valence-corrected chi connectivity index (χ1v) is 9.21. The van der Waals surface area contributed by atoms with Crippen LogP contribution in [-0.4, -0.2) is 22.9 Å². The average molecular weight is 416 g/mol. The van der Waals surface area contributed by atoms with Crippen LogP contribution in [0.5, 0.6) is 0 Å². The van der Waals surface area contributed by atoms with Gasteiger partial charge in [-0.15, -0.1) is 0 Å². The number of thioether (sulfide) groups is 1. The van der Waals surface area contributed by atoms with E-state index in [2.05, 4.69) is 31.4 Å². The molecule has 7 heteroatoms. The van der Waals surface area contributed by atoms with Gasteiger partial charge in [0.15, 0.2) is 5.58 Å². The predicted molar refractivity (Wildman–Crippen MR) is 105 cm³/mol. The van der Waals surface area contributed by atoms with Gasteiger partial charge in [-0.1, -0.05) is 54.2 Å². The molecule has 0 saturated carbocycles. The van der Waals surface area contributed by atoms with E-state index in [-0.39, 0.29) is 11.7 Å². The Labute approximate surface area is 157 Å². The number of amides is 1. The van der Waals surface area contributed by atoms with Crippen LogP contribution in [0.25, 0.3) is 17.2 Å². The third-order valence-electron chi connectivity index (χ3n) is 3.08. The molecule has 0 fully saturated rings. The third-order valence-corrected chi connectivity index (χ3v) is 4.34. The van der Waals surface area contributed by atoms with Crippen molar-refractivity contribution in [3.05, 3.63) is 64.6 Å². The summed E-state index contributed by atoms with van der Waals surface area (Å²) < 4.78 is 6.30. The predicted octanol–water partition coefficient (Wildman–Crippen LogP) is 4.46. The highest BCUT2D eigenvalue weighted by Gasteiger charge is 2.08. The van der Waals surface area contributed by atoms with Gasteiger partial charge < -0.3 is 4.42 Å². The zero-order chi connectivity index (χ0) is 17.5. The molecule has 2 aromatic carbocycles. The minimum Gasteiger partial charge on any atom is -0.431 e. The molecule has 3 rings (SSSR count). The van der Waals surface area contributed by atoms with Gasteiger partial charge in [-0.3, -0.25) is 4.79 Å². The topological polar surface area (TPSA) is 67.5 Å². The van der Waals surface area contributed by atoms with Crippen LogP contribution in [0.1, 0.15) is 5.56 Å². The second-order valence-corrected chi connectivity index (χ2v) is 6.81. The molecule has 1 aromatic heterocycles. The number of oxazole rings is 1. The number of fused-ring (bicyclic) bond motifs is 1. The Bertz CT molecular complexity index is 889. The fraction of sp³-hybridized carbons (Fsp3) is 0.0556. The Kier molecular flexibility index (Phi) is 6.03. The second-order valence-electron chi connectivity index (χ2n) is 4.97. The lowest BCUT2D eigenvalue weighted by Gasteiger charge is -1.97. The summed E-state index contributed by atoms with van der Waals surface area (Å²) in [7, 11) is 0. The van der Waals surface area contributed by atoms with Crippen molar-refractivity contribution in [3.63, 3.8) is 0 Å². The molecule has 0 aliphatic carbocycles. The first kappa shape index (κ1) is 17.4. The third kappa shape index (κ3) is 5.30. The molecule has 1 amide bonds. The van der Waals surface area contributed by atoms with Crippen molar-refractivity contribution in [2.45, 2.75) is 5.22 Å². The number of halogens is 1. The molecule has 0 bridgehead atoms. The molecule has 126 valence electrons. The minimum absolute atomic E-state index is 0.171. The average Bonchev–Trinajstić information content (AvgIpc) is 3.04. The maximum absolute atomic E-state index is 11.8. The van der Waals surface area contributed by atoms with Gasteiger partial charge >= 0.3 is 0 Å². The van der Waals surface area contributed by atoms with Crippen LogP contribution < -0.4 is 5.43 Å². The number of allylic oxidation sites excluding steroid dienone is 1. The van der Waals surface area contributed by atoms with Crippen LogP contribution in [0.4, 0.5) is 0 Å². The molecule has 0 radical (unpaired) electrons. The number of aromatic nitrogens is 1. The number of carbonyl (C=O) groups excluding carboxylic acids is 1. The molecule has 0 aliphatic heterocycles. The first-order valence-electron chi connectivity index (χ1n) is 7.43. The van der Waals surface area contributed by atoms with E-state index in [9.17, 15) is 4.79 Å². The maximum Gasteiger partial charge on any atom is 0.257 e. The largest absolute Gasteiger partial charge is 0.431 e. The van der Waals surface area contributed by atoms with Gasteiger partial charge in [-0.2, -0.15) is 5.10 Å². The van der Waals surface area contributed by atoms with E-state index in [0.717, 1.165) is 15.6 Å². The maximum atomic E-state index is 11.8. The standard InChI is InChI=1S/C18H14BrN3O2S/c19-14(10-13-6-2-1-3-7-13)11-20-22-17(23)12-25-18-21-15-8-4-5-9-16(15)24-18/h1-11H,12H2,(H,22,23). The van der Waals surface area contributed by atoms with Crippen molar-refractivity contribution in [1.29, 1.82) is 0 Å². The molecule has 3 aromatic rings. The van der Waals surface area contributed by atoms with Crippen LogP contribution in [-0.2, 0) is 4.79 Å². The van der Waals surface area contributed by atoms with Crippen molar-refractivity contribution in [2.75, 3.05) is 5.75 Å². The molecule has 25 heavy (non-hydrogen) atoms. The van der Waals surface area contributed by atoms with E-state index < -0.39 is 0 Å². The molecular weight excluding hydrogens is 402 g/mol. The number of benzene rings is 2. The molecular formula is C18H14BrN3O2S. The monoisotopic (exact) mass is 415 g/mol. The van der Waals surface area contributed by atoms with E-state index in [1.807, 2.05) is 60.7 Å². The zero-order valence-electron chi connectivity index (χ0n) is 13.1. The SMILES string of the molecule is O=C(CSc1nc2ccccc2o1)NN=CC(Br)=Cc1ccccc1. The van der Waals surface area contributed by atoms with Gasteiger partial charge in [-0.05, 0) is 39.7 Å². The summed E-state index contributed by atoms with van der Waals surface area (Å²) in [5, 5.41) is 4.38. The first-order chi connectivity index (χ1) is 12.2. The van der Waals surface area contributed by atoms with Gasteiger partial charge in [0.05, 0.1) is 12.0 Å². The summed E-state index contributed by atoms with van der Waals surface area (Å²) in [6.45, 7) is 0. The second kappa shape index (κ2) is 8.64. The van der Waals surface area contributed by atoms with Crippen LogP contribution in [0.3, 0.4) is 0 Å². The Morgan fingerprint density at radius 3 is 2.76 bits per heavy atom. The van der Waals surface area contributed by atoms with Gasteiger partial charge in [0.2, 0.25) is 0 Å². The van der Waals surface area contributed by atoms with E-state index in [1.54, 1.807) is 0 Å². The normalized spacial score (nSPS) is 12.0. The highest BCUT2D eigenvalue weighted by atomic mass is 79.9. The van der Waals surface area contributed by atoms with Gasteiger partial charge in [0.1, 0.15) is 5.52 Å². The number of hydrazone groups is 1. The van der Waals surface area contributed by atoms with Crippen LogP contribution >= 0.6 is 27.7 Å². The summed E-state index contributed by atoms with van der Waals surface area (Å²) in [5.41, 5.74) is 5.00. The van der Waals surface area contributed by atoms with E-state index in [4.69, 9.17) is 4.42 Å². The highest BCUT2D eigenvalue weighted by molar-refractivity contribution is 9.12. The zero-order valence-corrected chi connectivity index (χ0v) is 15.5. The number of hydrogen-bond donors (Lipinski definition) is 1. The lowest BCUT2D eigenvalue weighted by atomic mass is 10.2. The van der Waals surface area contributed by atoms with Crippen molar-refractivity contribution >= 4 is 57.0 Å². The van der Waals surface area contributed by atoms with E-state index in [0.29, 0.717) is 10.8 Å². The lowest BCUT2D eigenvalue weighted by molar-refractivity contribution is -0.118. The molecule has 0 aliphatic rings. The number of carbonyl (C=O) groups is 1. The Morgan fingerprint density at radius 1 is 1.20 bits per heavy atom. The van der Waals surface area contributed by atoms with Crippen molar-refractivity contribution < 1.29 is 9.21 Å². The number of para-hydroxylation sites is 2. The molecule has 5 nitrogen and oxygen atoms in total. The fourth-order valence-corrected chi connectivity index (χ4v) is 2.98. The smallest absolute Gasteiger partial charge is 0.257 e. The van der Waals surface area contributed by atoms with Gasteiger partial charge in [-0.25, -0.2) is 10.4 Å². The van der Waals surface area contributed by atoms with Crippen molar-refractivity contribution in [1.82, 2.24) is 10.4 Å². The minimum atomic E-state index is -0.233. The number of nitrogens with one attached hydrogen (secondary N) is 1. The highest BCUT2D eigenvalue weighted by Crippen LogP contribution is 2.22. The summed E-state index contributed by atoms with van der Waals surface area (Å²) in [5.74, 6) is -0.0620. The molecule has 1 N–H and O–H groups in total. The molecule has 0 unspecified atom stereocenters. The van der Waals surface area contributed by atoms with Gasteiger partial charge in [0.25, 0.3) is 11.1 Å². The molecule has 0 saturated heterocycles. The van der Waals surface area contributed by atoms with Crippen molar-refractivity contribution in [3.8, 4) is 0 Å². The summed E-state index contributed by atoms with van der Waals surface area (Å²) in [6, 6.07) is 17.3. The van der Waals surface area contributed by atoms with E-state index >= 15 is 0 Å². The number of rotatable bonds is 6. The molecule has 0 spiro atoms. The van der Waals surface area contributed by atoms with Crippen LogP contribution in [0, 0.1) is 0 Å². The Morgan fingerprint density at radius 2 is 1.96 bits per heavy atom. The Hall–Kier alpha value is -2.38. The van der Waals surface area contributed by atoms with E-state index in [1.165, 1.54) is 18.0 Å². The lowest BCUT2D eigenvalue weighted by Crippen LogP contribution is -2.19. The molecule has 0 atom stereocenters. The quantitative estimate of drug-likeness (QED) is 0.366. The van der Waals surface area contributed by atoms with Crippen LogP contribution in [0.15, 0.2) is 73.8 Å². The summed E-state index contributed by atoms with van der Waals surface area (Å²) >= 11 is 4.62. The summed E-state index contributed by atoms with van der Waals surface area (Å²) in [4.78, 5) is 16.1.